The highest BCUT2D eigenvalue weighted by Crippen LogP contribution is 2.50. The summed E-state index contributed by atoms with van der Waals surface area (Å²) in [5.74, 6) is 1.72. The predicted molar refractivity (Wildman–Crippen MR) is 128 cm³/mol. The molecule has 1 aromatic carbocycles. The standard InChI is InChI=1S/C27H38N2O4/c1-15(2)9-18-11-20(12-18)26-25(19-6-7-19)23(29-33-26)13-21(14-24(30)31)27(32)28-22-8-5-16(3)10-17(22)4/h5,8,10,15,18-21,23,29H,6-7,9,11-14H2,1-4H3,(H,28,32)(H,30,31)/t18-,20+,21-,23?/m1/s1. The Labute approximate surface area is 197 Å². The van der Waals surface area contributed by atoms with Crippen LogP contribution in [-0.4, -0.2) is 23.0 Å². The Morgan fingerprint density at radius 1 is 1.15 bits per heavy atom. The molecule has 6 nitrogen and oxygen atoms in total. The first-order chi connectivity index (χ1) is 15.7. The fraction of sp³-hybridized carbons (Fsp3) is 0.630. The maximum absolute atomic E-state index is 13.1. The first-order valence-corrected chi connectivity index (χ1v) is 12.5. The lowest BCUT2D eigenvalue weighted by Crippen LogP contribution is -2.34. The van der Waals surface area contributed by atoms with Crippen LogP contribution in [0, 0.1) is 43.4 Å². The summed E-state index contributed by atoms with van der Waals surface area (Å²) in [7, 11) is 0. The minimum absolute atomic E-state index is 0.0918. The van der Waals surface area contributed by atoms with Gasteiger partial charge in [-0.25, -0.2) is 0 Å². The lowest BCUT2D eigenvalue weighted by molar-refractivity contribution is -0.140. The van der Waals surface area contributed by atoms with Gasteiger partial charge in [-0.3, -0.25) is 9.59 Å². The van der Waals surface area contributed by atoms with Crippen LogP contribution in [0.25, 0.3) is 0 Å². The van der Waals surface area contributed by atoms with Crippen molar-refractivity contribution in [3.05, 3.63) is 40.7 Å². The molecule has 33 heavy (non-hydrogen) atoms. The topological polar surface area (TPSA) is 87.7 Å². The first kappa shape index (κ1) is 23.8. The molecule has 3 N–H and O–H groups in total. The van der Waals surface area contributed by atoms with Gasteiger partial charge in [-0.2, -0.15) is 0 Å². The summed E-state index contributed by atoms with van der Waals surface area (Å²) in [4.78, 5) is 30.7. The van der Waals surface area contributed by atoms with Crippen LogP contribution in [0.5, 0.6) is 0 Å². The third-order valence-corrected chi connectivity index (χ3v) is 7.35. The van der Waals surface area contributed by atoms with Crippen molar-refractivity contribution in [3.63, 3.8) is 0 Å². The van der Waals surface area contributed by atoms with Crippen LogP contribution < -0.4 is 10.8 Å². The Morgan fingerprint density at radius 2 is 1.88 bits per heavy atom. The van der Waals surface area contributed by atoms with E-state index in [4.69, 9.17) is 4.84 Å². The Balaban J connectivity index is 1.46. The van der Waals surface area contributed by atoms with E-state index in [2.05, 4.69) is 24.6 Å². The third-order valence-electron chi connectivity index (χ3n) is 7.35. The van der Waals surface area contributed by atoms with Crippen LogP contribution in [0.1, 0.15) is 69.9 Å². The minimum Gasteiger partial charge on any atom is -0.481 e. The Morgan fingerprint density at radius 3 is 2.48 bits per heavy atom. The number of carboxylic acids is 1. The van der Waals surface area contributed by atoms with Crippen molar-refractivity contribution in [2.75, 3.05) is 5.32 Å². The van der Waals surface area contributed by atoms with Crippen molar-refractivity contribution in [2.24, 2.45) is 29.6 Å². The van der Waals surface area contributed by atoms with Crippen molar-refractivity contribution in [2.45, 2.75) is 78.7 Å². The SMILES string of the molecule is Cc1ccc(NC(=O)[C@@H](CC(=O)O)CC2NOC([C@H]3C[C@@H](CC(C)C)C3)=C2C2CC2)c(C)c1. The van der Waals surface area contributed by atoms with Crippen molar-refractivity contribution >= 4 is 17.6 Å². The van der Waals surface area contributed by atoms with Gasteiger partial charge in [0, 0.05) is 11.6 Å². The highest BCUT2D eigenvalue weighted by atomic mass is 16.7. The molecular weight excluding hydrogens is 416 g/mol. The predicted octanol–water partition coefficient (Wildman–Crippen LogP) is 5.36. The normalized spacial score (nSPS) is 25.5. The molecule has 2 fully saturated rings. The highest BCUT2D eigenvalue weighted by molar-refractivity contribution is 5.95. The number of allylic oxidation sites excluding steroid dienone is 1. The molecule has 0 radical (unpaired) electrons. The first-order valence-electron chi connectivity index (χ1n) is 12.5. The number of carbonyl (C=O) groups excluding carboxylic acids is 1. The minimum atomic E-state index is -0.956. The smallest absolute Gasteiger partial charge is 0.304 e. The Hall–Kier alpha value is -2.34. The van der Waals surface area contributed by atoms with Gasteiger partial charge in [0.1, 0.15) is 5.76 Å². The Bertz CT molecular complexity index is 928. The van der Waals surface area contributed by atoms with Crippen LogP contribution in [0.4, 0.5) is 5.69 Å². The van der Waals surface area contributed by atoms with E-state index in [1.807, 2.05) is 32.0 Å². The number of carboxylic acid groups (broad SMARTS) is 1. The van der Waals surface area contributed by atoms with Crippen LogP contribution in [0.3, 0.4) is 0 Å². The van der Waals surface area contributed by atoms with Gasteiger partial charge < -0.3 is 15.3 Å². The van der Waals surface area contributed by atoms with E-state index in [9.17, 15) is 14.7 Å². The molecule has 1 heterocycles. The molecule has 0 spiro atoms. The zero-order valence-corrected chi connectivity index (χ0v) is 20.3. The lowest BCUT2D eigenvalue weighted by atomic mass is 9.69. The van der Waals surface area contributed by atoms with Gasteiger partial charge in [0.25, 0.3) is 0 Å². The number of hydroxylamine groups is 1. The van der Waals surface area contributed by atoms with Gasteiger partial charge in [0.15, 0.2) is 0 Å². The number of benzene rings is 1. The lowest BCUT2D eigenvalue weighted by Gasteiger charge is -2.36. The fourth-order valence-corrected chi connectivity index (χ4v) is 5.58. The van der Waals surface area contributed by atoms with E-state index in [1.54, 1.807) is 0 Å². The summed E-state index contributed by atoms with van der Waals surface area (Å²) in [5, 5.41) is 12.5. The molecule has 3 aliphatic rings. The second-order valence-electron chi connectivity index (χ2n) is 10.9. The number of nitrogens with one attached hydrogen (secondary N) is 2. The molecule has 4 rings (SSSR count). The largest absolute Gasteiger partial charge is 0.481 e. The van der Waals surface area contributed by atoms with Gasteiger partial charge in [-0.15, -0.1) is 5.48 Å². The van der Waals surface area contributed by atoms with E-state index in [0.717, 1.165) is 47.3 Å². The van der Waals surface area contributed by atoms with E-state index in [0.29, 0.717) is 18.3 Å². The average molecular weight is 455 g/mol. The molecule has 1 aromatic rings. The van der Waals surface area contributed by atoms with Crippen LogP contribution in [-0.2, 0) is 14.4 Å². The van der Waals surface area contributed by atoms with Gasteiger partial charge in [0.2, 0.25) is 5.91 Å². The van der Waals surface area contributed by atoms with E-state index < -0.39 is 11.9 Å². The molecule has 1 unspecified atom stereocenters. The van der Waals surface area contributed by atoms with E-state index in [-0.39, 0.29) is 18.4 Å². The number of amides is 1. The number of rotatable bonds is 10. The summed E-state index contributed by atoms with van der Waals surface area (Å²) >= 11 is 0. The zero-order chi connectivity index (χ0) is 23.7. The molecule has 2 aliphatic carbocycles. The number of hydrogen-bond donors (Lipinski definition) is 3. The summed E-state index contributed by atoms with van der Waals surface area (Å²) in [6.07, 6.45) is 6.15. The second kappa shape index (κ2) is 9.88. The van der Waals surface area contributed by atoms with E-state index >= 15 is 0 Å². The second-order valence-corrected chi connectivity index (χ2v) is 10.9. The summed E-state index contributed by atoms with van der Waals surface area (Å²) < 4.78 is 0. The monoisotopic (exact) mass is 454 g/mol. The number of hydrogen-bond acceptors (Lipinski definition) is 4. The van der Waals surface area contributed by atoms with Crippen molar-refractivity contribution in [1.29, 1.82) is 0 Å². The van der Waals surface area contributed by atoms with Gasteiger partial charge in [0.05, 0.1) is 18.4 Å². The van der Waals surface area contributed by atoms with Crippen molar-refractivity contribution < 1.29 is 19.5 Å². The number of carbonyl (C=O) groups is 2. The van der Waals surface area contributed by atoms with Crippen molar-refractivity contribution in [3.8, 4) is 0 Å². The Kier molecular flexibility index (Phi) is 7.13. The number of aliphatic carboxylic acids is 1. The van der Waals surface area contributed by atoms with E-state index in [1.165, 1.54) is 24.8 Å². The molecule has 2 saturated carbocycles. The van der Waals surface area contributed by atoms with Crippen LogP contribution in [0.2, 0.25) is 0 Å². The molecule has 1 amide bonds. The molecule has 0 bridgehead atoms. The summed E-state index contributed by atoms with van der Waals surface area (Å²) in [6.45, 7) is 8.51. The van der Waals surface area contributed by atoms with Gasteiger partial charge >= 0.3 is 5.97 Å². The van der Waals surface area contributed by atoms with Crippen molar-refractivity contribution in [1.82, 2.24) is 5.48 Å². The maximum atomic E-state index is 13.1. The number of aryl methyl sites for hydroxylation is 2. The zero-order valence-electron chi connectivity index (χ0n) is 20.3. The number of anilines is 1. The third kappa shape index (κ3) is 5.78. The van der Waals surface area contributed by atoms with Gasteiger partial charge in [-0.05, 0) is 87.3 Å². The quantitative estimate of drug-likeness (QED) is 0.443. The van der Waals surface area contributed by atoms with Crippen LogP contribution >= 0.6 is 0 Å². The fourth-order valence-electron chi connectivity index (χ4n) is 5.58. The summed E-state index contributed by atoms with van der Waals surface area (Å²) in [6, 6.07) is 5.76. The van der Waals surface area contributed by atoms with Gasteiger partial charge in [-0.1, -0.05) is 31.5 Å². The molecule has 0 saturated heterocycles. The van der Waals surface area contributed by atoms with Crippen LogP contribution in [0.15, 0.2) is 29.5 Å². The molecule has 6 heteroatoms. The maximum Gasteiger partial charge on any atom is 0.304 e. The molecule has 1 aliphatic heterocycles. The summed E-state index contributed by atoms with van der Waals surface area (Å²) in [5.41, 5.74) is 7.31. The average Bonchev–Trinajstić information content (AvgIpc) is 3.46. The molecule has 2 atom stereocenters. The molecule has 180 valence electrons. The molecular formula is C27H38N2O4. The molecule has 0 aromatic heterocycles. The highest BCUT2D eigenvalue weighted by Gasteiger charge is 2.45.